The normalized spacial score (nSPS) is 12.2. The molecule has 0 saturated carbocycles. The third-order valence-corrected chi connectivity index (χ3v) is 4.59. The number of benzene rings is 2. The highest BCUT2D eigenvalue weighted by Gasteiger charge is 2.13. The van der Waals surface area contributed by atoms with E-state index in [0.717, 1.165) is 17.1 Å². The molecule has 0 aliphatic heterocycles. The van der Waals surface area contributed by atoms with Gasteiger partial charge in [-0.2, -0.15) is 0 Å². The first-order valence-corrected chi connectivity index (χ1v) is 7.69. The fourth-order valence-corrected chi connectivity index (χ4v) is 3.14. The summed E-state index contributed by atoms with van der Waals surface area (Å²) in [6.07, 6.45) is 0. The van der Waals surface area contributed by atoms with Crippen molar-refractivity contribution in [1.29, 1.82) is 0 Å². The van der Waals surface area contributed by atoms with Crippen molar-refractivity contribution >= 4 is 11.8 Å². The van der Waals surface area contributed by atoms with Crippen molar-refractivity contribution in [2.75, 3.05) is 12.9 Å². The lowest BCUT2D eigenvalue weighted by molar-refractivity contribution is 0.407. The number of thioether (sulfide) groups is 1. The number of hydrogen-bond donors (Lipinski definition) is 1. The Bertz CT molecular complexity index is 583. The Hall–Kier alpha value is -1.45. The highest BCUT2D eigenvalue weighted by molar-refractivity contribution is 7.99. The molecule has 0 spiro atoms. The average Bonchev–Trinajstić information content (AvgIpc) is 2.46. The molecule has 1 atom stereocenters. The SMILES string of the molecule is COc1ccc(C)cc1C(N)CSc1ccccc1C. The molecule has 0 fully saturated rings. The maximum atomic E-state index is 6.34. The van der Waals surface area contributed by atoms with E-state index in [-0.39, 0.29) is 6.04 Å². The van der Waals surface area contributed by atoms with Gasteiger partial charge in [0.25, 0.3) is 0 Å². The molecule has 20 heavy (non-hydrogen) atoms. The Morgan fingerprint density at radius 1 is 1.15 bits per heavy atom. The quantitative estimate of drug-likeness (QED) is 0.841. The van der Waals surface area contributed by atoms with Crippen molar-refractivity contribution in [3.63, 3.8) is 0 Å². The average molecular weight is 287 g/mol. The molecule has 0 radical (unpaired) electrons. The van der Waals surface area contributed by atoms with E-state index in [9.17, 15) is 0 Å². The molecule has 0 aliphatic rings. The minimum absolute atomic E-state index is 0.0329. The Morgan fingerprint density at radius 2 is 1.90 bits per heavy atom. The van der Waals surface area contributed by atoms with Crippen LogP contribution in [0.4, 0.5) is 0 Å². The minimum Gasteiger partial charge on any atom is -0.496 e. The standard InChI is InChI=1S/C17H21NOS/c1-12-8-9-16(19-3)14(10-12)15(18)11-20-17-7-5-4-6-13(17)2/h4-10,15H,11,18H2,1-3H3. The van der Waals surface area contributed by atoms with Crippen LogP contribution in [0.15, 0.2) is 47.4 Å². The van der Waals surface area contributed by atoms with Gasteiger partial charge in [0.1, 0.15) is 5.75 Å². The molecule has 2 N–H and O–H groups in total. The second-order valence-electron chi connectivity index (χ2n) is 4.93. The molecule has 1 unspecified atom stereocenters. The zero-order chi connectivity index (χ0) is 14.5. The molecule has 0 saturated heterocycles. The number of hydrogen-bond acceptors (Lipinski definition) is 3. The van der Waals surface area contributed by atoms with Crippen molar-refractivity contribution in [2.24, 2.45) is 5.73 Å². The Morgan fingerprint density at radius 3 is 2.60 bits per heavy atom. The summed E-state index contributed by atoms with van der Waals surface area (Å²) in [7, 11) is 1.69. The largest absolute Gasteiger partial charge is 0.496 e. The summed E-state index contributed by atoms with van der Waals surface area (Å²) in [6, 6.07) is 14.5. The fourth-order valence-electron chi connectivity index (χ4n) is 2.13. The summed E-state index contributed by atoms with van der Waals surface area (Å²) in [5, 5.41) is 0. The minimum atomic E-state index is -0.0329. The number of aryl methyl sites for hydroxylation is 2. The summed E-state index contributed by atoms with van der Waals surface area (Å²) < 4.78 is 5.41. The van der Waals surface area contributed by atoms with Gasteiger partial charge in [-0.15, -0.1) is 11.8 Å². The first-order valence-electron chi connectivity index (χ1n) is 6.70. The molecule has 0 aliphatic carbocycles. The molecule has 0 aromatic heterocycles. The Labute approximate surface area is 125 Å². The molecule has 2 rings (SSSR count). The molecule has 2 aromatic carbocycles. The van der Waals surface area contributed by atoms with Gasteiger partial charge in [0.15, 0.2) is 0 Å². The third kappa shape index (κ3) is 3.56. The van der Waals surface area contributed by atoms with Gasteiger partial charge >= 0.3 is 0 Å². The highest BCUT2D eigenvalue weighted by atomic mass is 32.2. The van der Waals surface area contributed by atoms with E-state index in [1.165, 1.54) is 16.0 Å². The van der Waals surface area contributed by atoms with Gasteiger partial charge in [-0.1, -0.05) is 35.9 Å². The molecular formula is C17H21NOS. The number of methoxy groups -OCH3 is 1. The first-order chi connectivity index (χ1) is 9.61. The predicted molar refractivity (Wildman–Crippen MR) is 86.6 cm³/mol. The van der Waals surface area contributed by atoms with Crippen LogP contribution in [0.3, 0.4) is 0 Å². The second-order valence-corrected chi connectivity index (χ2v) is 5.99. The van der Waals surface area contributed by atoms with Gasteiger partial charge in [0.2, 0.25) is 0 Å². The summed E-state index contributed by atoms with van der Waals surface area (Å²) >= 11 is 1.79. The smallest absolute Gasteiger partial charge is 0.123 e. The van der Waals surface area contributed by atoms with Crippen LogP contribution >= 0.6 is 11.8 Å². The molecule has 106 valence electrons. The van der Waals surface area contributed by atoms with Gasteiger partial charge in [-0.05, 0) is 31.5 Å². The molecule has 0 amide bonds. The zero-order valence-electron chi connectivity index (χ0n) is 12.2. The lowest BCUT2D eigenvalue weighted by atomic mass is 10.1. The highest BCUT2D eigenvalue weighted by Crippen LogP contribution is 2.30. The first kappa shape index (κ1) is 14.9. The fraction of sp³-hybridized carbons (Fsp3) is 0.294. The van der Waals surface area contributed by atoms with Crippen molar-refractivity contribution in [3.05, 3.63) is 59.2 Å². The van der Waals surface area contributed by atoms with Crippen LogP contribution in [0.2, 0.25) is 0 Å². The van der Waals surface area contributed by atoms with E-state index in [1.54, 1.807) is 18.9 Å². The summed E-state index contributed by atoms with van der Waals surface area (Å²) in [5.41, 5.74) is 9.91. The monoisotopic (exact) mass is 287 g/mol. The molecule has 0 heterocycles. The Balaban J connectivity index is 2.11. The molecule has 0 bridgehead atoms. The van der Waals surface area contributed by atoms with Gasteiger partial charge in [-0.3, -0.25) is 0 Å². The van der Waals surface area contributed by atoms with Gasteiger partial charge in [0.05, 0.1) is 7.11 Å². The van der Waals surface area contributed by atoms with Gasteiger partial charge < -0.3 is 10.5 Å². The zero-order valence-corrected chi connectivity index (χ0v) is 13.0. The summed E-state index contributed by atoms with van der Waals surface area (Å²) in [6.45, 7) is 4.20. The predicted octanol–water partition coefficient (Wildman–Crippen LogP) is 4.10. The van der Waals surface area contributed by atoms with Crippen LogP contribution in [-0.4, -0.2) is 12.9 Å². The van der Waals surface area contributed by atoms with E-state index >= 15 is 0 Å². The van der Waals surface area contributed by atoms with E-state index < -0.39 is 0 Å². The van der Waals surface area contributed by atoms with Crippen LogP contribution in [0.5, 0.6) is 5.75 Å². The molecule has 2 nitrogen and oxygen atoms in total. The van der Waals surface area contributed by atoms with E-state index in [4.69, 9.17) is 10.5 Å². The topological polar surface area (TPSA) is 35.2 Å². The van der Waals surface area contributed by atoms with Crippen molar-refractivity contribution < 1.29 is 4.74 Å². The van der Waals surface area contributed by atoms with Crippen LogP contribution in [0.1, 0.15) is 22.7 Å². The van der Waals surface area contributed by atoms with Crippen LogP contribution in [-0.2, 0) is 0 Å². The third-order valence-electron chi connectivity index (χ3n) is 3.30. The van der Waals surface area contributed by atoms with Crippen LogP contribution in [0.25, 0.3) is 0 Å². The van der Waals surface area contributed by atoms with Gasteiger partial charge in [-0.25, -0.2) is 0 Å². The summed E-state index contributed by atoms with van der Waals surface area (Å²) in [5.74, 6) is 1.71. The molecular weight excluding hydrogens is 266 g/mol. The van der Waals surface area contributed by atoms with Crippen molar-refractivity contribution in [3.8, 4) is 5.75 Å². The maximum absolute atomic E-state index is 6.34. The Kier molecular flexibility index (Phi) is 5.10. The number of nitrogens with two attached hydrogens (primary N) is 1. The van der Waals surface area contributed by atoms with E-state index in [1.807, 2.05) is 12.1 Å². The van der Waals surface area contributed by atoms with Crippen LogP contribution in [0, 0.1) is 13.8 Å². The van der Waals surface area contributed by atoms with Crippen LogP contribution < -0.4 is 10.5 Å². The summed E-state index contributed by atoms with van der Waals surface area (Å²) in [4.78, 5) is 1.29. The van der Waals surface area contributed by atoms with Gasteiger partial charge in [0, 0.05) is 22.3 Å². The lowest BCUT2D eigenvalue weighted by Gasteiger charge is -2.16. The van der Waals surface area contributed by atoms with E-state index in [0.29, 0.717) is 0 Å². The van der Waals surface area contributed by atoms with Crippen molar-refractivity contribution in [2.45, 2.75) is 24.8 Å². The lowest BCUT2D eigenvalue weighted by Crippen LogP contribution is -2.14. The second kappa shape index (κ2) is 6.82. The number of ether oxygens (including phenoxy) is 1. The van der Waals surface area contributed by atoms with Crippen molar-refractivity contribution in [1.82, 2.24) is 0 Å². The molecule has 3 heteroatoms. The van der Waals surface area contributed by atoms with E-state index in [2.05, 4.69) is 44.2 Å². The molecule has 2 aromatic rings. The maximum Gasteiger partial charge on any atom is 0.123 e. The number of rotatable bonds is 5.